The highest BCUT2D eigenvalue weighted by Gasteiger charge is 2.07. The Kier molecular flexibility index (Phi) is 16.1. The molecule has 0 aliphatic carbocycles. The van der Waals surface area contributed by atoms with Gasteiger partial charge >= 0.3 is 17.9 Å². The number of carbonyl (C=O) groups is 3. The first-order chi connectivity index (χ1) is 21.0. The van der Waals surface area contributed by atoms with Gasteiger partial charge in [-0.2, -0.15) is 0 Å². The van der Waals surface area contributed by atoms with Crippen molar-refractivity contribution in [1.29, 1.82) is 0 Å². The Labute approximate surface area is 263 Å². The Morgan fingerprint density at radius 1 is 0.667 bits per heavy atom. The molecule has 0 spiro atoms. The number of esters is 2. The van der Waals surface area contributed by atoms with E-state index in [1.807, 2.05) is 12.1 Å². The molecule has 0 radical (unpaired) electrons. The number of benzene rings is 3. The maximum atomic E-state index is 11.2. The van der Waals surface area contributed by atoms with Crippen molar-refractivity contribution in [2.75, 3.05) is 40.9 Å². The Hall–Kier alpha value is -4.63. The molecule has 3 aromatic carbocycles. The lowest BCUT2D eigenvalue weighted by Gasteiger charge is -2.06. The van der Waals surface area contributed by atoms with Crippen LogP contribution in [0.1, 0.15) is 30.5 Å². The predicted octanol–water partition coefficient (Wildman–Crippen LogP) is 3.22. The second-order valence-corrected chi connectivity index (χ2v) is 12.9. The van der Waals surface area contributed by atoms with Crippen LogP contribution >= 0.6 is 0 Å². The van der Waals surface area contributed by atoms with Gasteiger partial charge in [0.25, 0.3) is 0 Å². The van der Waals surface area contributed by atoms with Crippen molar-refractivity contribution in [1.82, 2.24) is 0 Å². The molecule has 0 bridgehead atoms. The van der Waals surface area contributed by atoms with E-state index in [0.717, 1.165) is 18.1 Å². The first-order valence-corrected chi connectivity index (χ1v) is 17.3. The largest absolute Gasteiger partial charge is 0.481 e. The number of ether oxygens (including phenoxy) is 2. The highest BCUT2D eigenvalue weighted by Crippen LogP contribution is 2.14. The third-order valence-electron chi connectivity index (χ3n) is 5.07. The number of nitrogens with two attached hydrogens (primary N) is 1. The monoisotopic (exact) mass is 665 g/mol. The lowest BCUT2D eigenvalue weighted by atomic mass is 10.1. The number of carboxylic acid groups (broad SMARTS) is 1. The highest BCUT2D eigenvalue weighted by atomic mass is 32.2. The van der Waals surface area contributed by atoms with Crippen molar-refractivity contribution in [2.45, 2.75) is 33.1 Å². The van der Waals surface area contributed by atoms with Crippen LogP contribution in [0, 0.1) is 0 Å². The van der Waals surface area contributed by atoms with Crippen LogP contribution in [0.3, 0.4) is 0 Å². The zero-order chi connectivity index (χ0) is 34.0. The fourth-order valence-corrected chi connectivity index (χ4v) is 4.66. The summed E-state index contributed by atoms with van der Waals surface area (Å²) in [6.07, 6.45) is 2.41. The van der Waals surface area contributed by atoms with Crippen LogP contribution in [0.15, 0.2) is 72.8 Å². The summed E-state index contributed by atoms with van der Waals surface area (Å²) in [6, 6.07) is 20.2. The minimum absolute atomic E-state index is 0.126. The van der Waals surface area contributed by atoms with Gasteiger partial charge in [-0.25, -0.2) is 16.8 Å². The van der Waals surface area contributed by atoms with E-state index in [2.05, 4.69) is 9.44 Å². The van der Waals surface area contributed by atoms with E-state index in [9.17, 15) is 31.2 Å². The summed E-state index contributed by atoms with van der Waals surface area (Å²) in [5.41, 5.74) is 9.18. The van der Waals surface area contributed by atoms with Gasteiger partial charge in [0.1, 0.15) is 0 Å². The van der Waals surface area contributed by atoms with E-state index in [1.54, 1.807) is 68.4 Å². The number of rotatable bonds is 12. The van der Waals surface area contributed by atoms with Gasteiger partial charge in [-0.15, -0.1) is 0 Å². The van der Waals surface area contributed by atoms with Gasteiger partial charge < -0.3 is 20.3 Å². The fourth-order valence-electron chi connectivity index (χ4n) is 3.55. The summed E-state index contributed by atoms with van der Waals surface area (Å²) in [4.78, 5) is 32.7. The maximum absolute atomic E-state index is 11.2. The molecule has 0 aromatic heterocycles. The Balaban J connectivity index is 0.000000341. The predicted molar refractivity (Wildman–Crippen MR) is 173 cm³/mol. The molecular formula is C30H39N3O10S2. The average Bonchev–Trinajstić information content (AvgIpc) is 2.88. The molecule has 3 aromatic rings. The lowest BCUT2D eigenvalue weighted by Crippen LogP contribution is -2.11. The van der Waals surface area contributed by atoms with Crippen molar-refractivity contribution in [3.05, 3.63) is 89.5 Å². The van der Waals surface area contributed by atoms with E-state index >= 15 is 0 Å². The van der Waals surface area contributed by atoms with Gasteiger partial charge in [-0.3, -0.25) is 23.8 Å². The SMILES string of the molecule is CCOC(=O)Cc1cccc(N)c1.CCOC(=O)Cc1cccc(NS(C)(=O)=O)c1.CS(=O)(=O)Nc1cccc(CC(=O)O)c1. The van der Waals surface area contributed by atoms with Crippen molar-refractivity contribution >= 4 is 55.0 Å². The number of hydrogen-bond acceptors (Lipinski definition) is 10. The average molecular weight is 666 g/mol. The van der Waals surface area contributed by atoms with E-state index < -0.39 is 26.0 Å². The Bertz CT molecular complexity index is 1640. The van der Waals surface area contributed by atoms with Gasteiger partial charge in [0.15, 0.2) is 0 Å². The van der Waals surface area contributed by atoms with E-state index in [-0.39, 0.29) is 24.8 Å². The number of nitrogen functional groups attached to an aromatic ring is 1. The van der Waals surface area contributed by atoms with Crippen LogP contribution in [0.4, 0.5) is 17.1 Å². The second kappa shape index (κ2) is 18.9. The third-order valence-corrected chi connectivity index (χ3v) is 6.29. The molecule has 13 nitrogen and oxygen atoms in total. The normalized spacial score (nSPS) is 10.6. The number of carboxylic acids is 1. The number of carbonyl (C=O) groups excluding carboxylic acids is 2. The summed E-state index contributed by atoms with van der Waals surface area (Å²) in [7, 11) is -6.62. The topological polar surface area (TPSA) is 208 Å². The molecular weight excluding hydrogens is 626 g/mol. The van der Waals surface area contributed by atoms with Crippen molar-refractivity contribution in [3.63, 3.8) is 0 Å². The molecule has 15 heteroatoms. The summed E-state index contributed by atoms with van der Waals surface area (Å²) < 4.78 is 58.1. The van der Waals surface area contributed by atoms with Crippen molar-refractivity contribution in [3.8, 4) is 0 Å². The summed E-state index contributed by atoms with van der Waals surface area (Å²) >= 11 is 0. The van der Waals surface area contributed by atoms with Gasteiger partial charge in [-0.1, -0.05) is 36.4 Å². The zero-order valence-corrected chi connectivity index (χ0v) is 27.1. The Morgan fingerprint density at radius 2 is 1.04 bits per heavy atom. The molecule has 0 amide bonds. The molecule has 0 heterocycles. The minimum atomic E-state index is -3.32. The zero-order valence-electron chi connectivity index (χ0n) is 25.5. The van der Waals surface area contributed by atoms with Crippen molar-refractivity contribution < 1.29 is 45.8 Å². The highest BCUT2D eigenvalue weighted by molar-refractivity contribution is 7.92. The number of sulfonamides is 2. The van der Waals surface area contributed by atoms with Gasteiger partial charge in [0.2, 0.25) is 20.0 Å². The third kappa shape index (κ3) is 19.3. The van der Waals surface area contributed by atoms with Gasteiger partial charge in [0, 0.05) is 17.1 Å². The molecule has 0 aliphatic rings. The quantitative estimate of drug-likeness (QED) is 0.163. The Morgan fingerprint density at radius 3 is 1.40 bits per heavy atom. The number of anilines is 3. The maximum Gasteiger partial charge on any atom is 0.310 e. The molecule has 45 heavy (non-hydrogen) atoms. The minimum Gasteiger partial charge on any atom is -0.481 e. The molecule has 5 N–H and O–H groups in total. The molecule has 3 rings (SSSR count). The van der Waals surface area contributed by atoms with Crippen molar-refractivity contribution in [2.24, 2.45) is 0 Å². The molecule has 0 atom stereocenters. The molecule has 0 aliphatic heterocycles. The standard InChI is InChI=1S/C11H15NO4S.C10H13NO2.C9H11NO4S/c1-3-16-11(13)8-9-5-4-6-10(7-9)12-17(2,14)15;1-2-13-10(12)7-8-4-3-5-9(11)6-8;1-15(13,14)10-8-4-2-3-7(5-8)6-9(11)12/h4-7,12H,3,8H2,1-2H3;3-6H,2,7,11H2,1H3;2-5,10H,6H2,1H3,(H,11,12). The summed E-state index contributed by atoms with van der Waals surface area (Å²) in [5.74, 6) is -1.50. The fraction of sp³-hybridized carbons (Fsp3) is 0.300. The van der Waals surface area contributed by atoms with Gasteiger partial charge in [0.05, 0.1) is 45.0 Å². The molecule has 0 fully saturated rings. The van der Waals surface area contributed by atoms with E-state index in [0.29, 0.717) is 47.8 Å². The number of nitrogens with one attached hydrogen (secondary N) is 2. The summed E-state index contributed by atoms with van der Waals surface area (Å²) in [6.45, 7) is 4.28. The second-order valence-electron chi connectivity index (χ2n) is 9.43. The first-order valence-electron chi connectivity index (χ1n) is 13.5. The lowest BCUT2D eigenvalue weighted by molar-refractivity contribution is -0.143. The van der Waals surface area contributed by atoms with Crippen LogP contribution in [0.5, 0.6) is 0 Å². The smallest absolute Gasteiger partial charge is 0.310 e. The first kappa shape index (κ1) is 38.4. The van der Waals surface area contributed by atoms with Crippen LogP contribution < -0.4 is 15.2 Å². The van der Waals surface area contributed by atoms with Crippen LogP contribution in [-0.2, 0) is 63.2 Å². The van der Waals surface area contributed by atoms with Crippen LogP contribution in [0.2, 0.25) is 0 Å². The molecule has 0 saturated carbocycles. The molecule has 246 valence electrons. The molecule has 0 saturated heterocycles. The number of hydrogen-bond donors (Lipinski definition) is 4. The van der Waals surface area contributed by atoms with Gasteiger partial charge in [-0.05, 0) is 66.9 Å². The van der Waals surface area contributed by atoms with E-state index in [4.69, 9.17) is 20.3 Å². The van der Waals surface area contributed by atoms with E-state index in [1.165, 1.54) is 6.07 Å². The summed E-state index contributed by atoms with van der Waals surface area (Å²) in [5, 5.41) is 8.55. The number of aliphatic carboxylic acids is 1. The molecule has 0 unspecified atom stereocenters. The van der Waals surface area contributed by atoms with Crippen LogP contribution in [-0.4, -0.2) is 65.6 Å². The van der Waals surface area contributed by atoms with Crippen LogP contribution in [0.25, 0.3) is 0 Å².